The first-order valence-electron chi connectivity index (χ1n) is 5.30. The van der Waals surface area contributed by atoms with Crippen LogP contribution in [0.15, 0.2) is 12.0 Å². The Hall–Kier alpha value is -1.72. The summed E-state index contributed by atoms with van der Waals surface area (Å²) in [6.07, 6.45) is 1.19. The number of ether oxygens (including phenoxy) is 2. The molecule has 1 amide bonds. The molecule has 0 fully saturated rings. The van der Waals surface area contributed by atoms with Gasteiger partial charge in [-0.05, 0) is 5.41 Å². The summed E-state index contributed by atoms with van der Waals surface area (Å²) in [7, 11) is 0. The van der Waals surface area contributed by atoms with E-state index in [9.17, 15) is 9.59 Å². The molecule has 0 aliphatic carbocycles. The third-order valence-corrected chi connectivity index (χ3v) is 2.26. The average molecular weight is 243 g/mol. The van der Waals surface area contributed by atoms with Crippen molar-refractivity contribution < 1.29 is 24.2 Å². The molecule has 0 bridgehead atoms. The topological polar surface area (TPSA) is 84.9 Å². The third-order valence-electron chi connectivity index (χ3n) is 2.26. The van der Waals surface area contributed by atoms with Gasteiger partial charge in [0.05, 0.1) is 0 Å². The lowest BCUT2D eigenvalue weighted by Crippen LogP contribution is -2.49. The van der Waals surface area contributed by atoms with Crippen LogP contribution in [0.4, 0.5) is 0 Å². The second-order valence-corrected chi connectivity index (χ2v) is 4.81. The van der Waals surface area contributed by atoms with Gasteiger partial charge >= 0.3 is 5.97 Å². The predicted octanol–water partition coefficient (Wildman–Crippen LogP) is 0.490. The molecule has 0 saturated heterocycles. The summed E-state index contributed by atoms with van der Waals surface area (Å²) >= 11 is 0. The fraction of sp³-hybridized carbons (Fsp3) is 0.636. The van der Waals surface area contributed by atoms with Crippen LogP contribution < -0.4 is 5.32 Å². The van der Waals surface area contributed by atoms with E-state index in [0.29, 0.717) is 6.61 Å². The maximum Gasteiger partial charge on any atom is 0.326 e. The summed E-state index contributed by atoms with van der Waals surface area (Å²) in [5.74, 6) is -1.65. The van der Waals surface area contributed by atoms with E-state index < -0.39 is 23.3 Å². The Bertz CT molecular complexity index is 342. The zero-order chi connectivity index (χ0) is 13.1. The molecule has 6 heteroatoms. The van der Waals surface area contributed by atoms with E-state index in [1.54, 1.807) is 20.8 Å². The van der Waals surface area contributed by atoms with E-state index in [1.165, 1.54) is 6.26 Å². The average Bonchev–Trinajstić information content (AvgIpc) is 2.24. The molecule has 0 aromatic carbocycles. The lowest BCUT2D eigenvalue weighted by Gasteiger charge is -2.28. The molecule has 0 radical (unpaired) electrons. The van der Waals surface area contributed by atoms with Crippen LogP contribution in [0.5, 0.6) is 0 Å². The fourth-order valence-electron chi connectivity index (χ4n) is 1.34. The smallest absolute Gasteiger partial charge is 0.326 e. The molecule has 0 aromatic rings. The van der Waals surface area contributed by atoms with Gasteiger partial charge in [-0.3, -0.25) is 4.79 Å². The zero-order valence-electron chi connectivity index (χ0n) is 10.1. The van der Waals surface area contributed by atoms with Crippen molar-refractivity contribution in [2.75, 3.05) is 13.2 Å². The normalized spacial score (nSPS) is 17.2. The molecule has 6 nitrogen and oxygen atoms in total. The van der Waals surface area contributed by atoms with Gasteiger partial charge in [0.1, 0.15) is 25.5 Å². The highest BCUT2D eigenvalue weighted by atomic mass is 16.6. The van der Waals surface area contributed by atoms with E-state index in [2.05, 4.69) is 5.32 Å². The largest absolute Gasteiger partial charge is 0.494 e. The highest BCUT2D eigenvalue weighted by Gasteiger charge is 2.33. The standard InChI is InChI=1S/C11H17NO5/c1-11(2,3)8(10(14)15)12-9(13)7-6-16-4-5-17-7/h6,8H,4-5H2,1-3H3,(H,12,13)(H,14,15)/t8-/m1/s1. The molecule has 0 saturated carbocycles. The lowest BCUT2D eigenvalue weighted by molar-refractivity contribution is -0.145. The predicted molar refractivity (Wildman–Crippen MR) is 59.0 cm³/mol. The Labute approximate surface area is 99.6 Å². The number of nitrogens with one attached hydrogen (secondary N) is 1. The number of carboxylic acids is 1. The zero-order valence-corrected chi connectivity index (χ0v) is 10.1. The highest BCUT2D eigenvalue weighted by Crippen LogP contribution is 2.20. The van der Waals surface area contributed by atoms with Gasteiger partial charge in [0, 0.05) is 0 Å². The van der Waals surface area contributed by atoms with Crippen molar-refractivity contribution in [3.63, 3.8) is 0 Å². The second kappa shape index (κ2) is 5.07. The van der Waals surface area contributed by atoms with E-state index >= 15 is 0 Å². The van der Waals surface area contributed by atoms with Crippen LogP contribution in [0.3, 0.4) is 0 Å². The third kappa shape index (κ3) is 3.65. The molecule has 96 valence electrons. The van der Waals surface area contributed by atoms with Crippen LogP contribution in [-0.2, 0) is 19.1 Å². The molecular weight excluding hydrogens is 226 g/mol. The quantitative estimate of drug-likeness (QED) is 0.753. The Balaban J connectivity index is 2.71. The van der Waals surface area contributed by atoms with Crippen LogP contribution in [-0.4, -0.2) is 36.2 Å². The summed E-state index contributed by atoms with van der Waals surface area (Å²) in [6, 6.07) is -0.985. The van der Waals surface area contributed by atoms with Gasteiger partial charge in [0.25, 0.3) is 5.91 Å². The molecule has 1 aliphatic heterocycles. The molecule has 1 aliphatic rings. The first-order chi connectivity index (χ1) is 7.82. The summed E-state index contributed by atoms with van der Waals surface area (Å²) < 4.78 is 10.00. The molecule has 1 atom stereocenters. The minimum Gasteiger partial charge on any atom is -0.494 e. The van der Waals surface area contributed by atoms with Crippen molar-refractivity contribution in [2.24, 2.45) is 5.41 Å². The number of amides is 1. The maximum atomic E-state index is 11.7. The molecule has 0 unspecified atom stereocenters. The summed E-state index contributed by atoms with van der Waals surface area (Å²) in [5, 5.41) is 11.5. The van der Waals surface area contributed by atoms with Gasteiger partial charge in [0.15, 0.2) is 0 Å². The monoisotopic (exact) mass is 243 g/mol. The minimum absolute atomic E-state index is 0.00625. The van der Waals surface area contributed by atoms with Crippen LogP contribution >= 0.6 is 0 Å². The van der Waals surface area contributed by atoms with Crippen molar-refractivity contribution in [1.82, 2.24) is 5.32 Å². The Kier molecular flexibility index (Phi) is 3.98. The van der Waals surface area contributed by atoms with E-state index in [1.807, 2.05) is 0 Å². The van der Waals surface area contributed by atoms with Gasteiger partial charge in [-0.15, -0.1) is 0 Å². The number of carboxylic acid groups (broad SMARTS) is 1. The van der Waals surface area contributed by atoms with Gasteiger partial charge < -0.3 is 19.9 Å². The van der Waals surface area contributed by atoms with Crippen LogP contribution in [0.2, 0.25) is 0 Å². The van der Waals surface area contributed by atoms with Crippen LogP contribution in [0.1, 0.15) is 20.8 Å². The van der Waals surface area contributed by atoms with Crippen molar-refractivity contribution in [3.05, 3.63) is 12.0 Å². The number of rotatable bonds is 3. The molecule has 0 spiro atoms. The maximum absolute atomic E-state index is 11.7. The summed E-state index contributed by atoms with van der Waals surface area (Å²) in [4.78, 5) is 22.8. The van der Waals surface area contributed by atoms with E-state index in [4.69, 9.17) is 14.6 Å². The number of hydrogen-bond donors (Lipinski definition) is 2. The van der Waals surface area contributed by atoms with E-state index in [-0.39, 0.29) is 12.4 Å². The molecule has 17 heavy (non-hydrogen) atoms. The molecule has 0 aromatic heterocycles. The van der Waals surface area contributed by atoms with Crippen molar-refractivity contribution in [1.29, 1.82) is 0 Å². The lowest BCUT2D eigenvalue weighted by atomic mass is 9.87. The van der Waals surface area contributed by atoms with Gasteiger partial charge in [0.2, 0.25) is 5.76 Å². The number of carbonyl (C=O) groups excluding carboxylic acids is 1. The van der Waals surface area contributed by atoms with Crippen molar-refractivity contribution in [2.45, 2.75) is 26.8 Å². The summed E-state index contributed by atoms with van der Waals surface area (Å²) in [5.41, 5.74) is -0.586. The second-order valence-electron chi connectivity index (χ2n) is 4.81. The minimum atomic E-state index is -1.08. The molecular formula is C11H17NO5. The van der Waals surface area contributed by atoms with Crippen molar-refractivity contribution >= 4 is 11.9 Å². The molecule has 2 N–H and O–H groups in total. The molecule has 1 rings (SSSR count). The van der Waals surface area contributed by atoms with Gasteiger partial charge in [-0.1, -0.05) is 20.8 Å². The highest BCUT2D eigenvalue weighted by molar-refractivity contribution is 5.94. The van der Waals surface area contributed by atoms with Gasteiger partial charge in [-0.25, -0.2) is 4.79 Å². The Morgan fingerprint density at radius 3 is 2.47 bits per heavy atom. The fourth-order valence-corrected chi connectivity index (χ4v) is 1.34. The van der Waals surface area contributed by atoms with Gasteiger partial charge in [-0.2, -0.15) is 0 Å². The number of hydrogen-bond acceptors (Lipinski definition) is 4. The summed E-state index contributed by atoms with van der Waals surface area (Å²) in [6.45, 7) is 5.88. The van der Waals surface area contributed by atoms with Crippen LogP contribution in [0.25, 0.3) is 0 Å². The Morgan fingerprint density at radius 1 is 1.41 bits per heavy atom. The van der Waals surface area contributed by atoms with Crippen molar-refractivity contribution in [3.8, 4) is 0 Å². The molecule has 1 heterocycles. The number of aliphatic carboxylic acids is 1. The SMILES string of the molecule is CC(C)(C)[C@H](NC(=O)C1=COCCO1)C(=O)O. The first-order valence-corrected chi connectivity index (χ1v) is 5.30. The number of carbonyl (C=O) groups is 2. The van der Waals surface area contributed by atoms with E-state index in [0.717, 1.165) is 0 Å². The van der Waals surface area contributed by atoms with Crippen LogP contribution in [0, 0.1) is 5.41 Å². The first kappa shape index (κ1) is 13.3. The Morgan fingerprint density at radius 2 is 2.06 bits per heavy atom.